The van der Waals surface area contributed by atoms with Crippen LogP contribution in [0.5, 0.6) is 0 Å². The molecule has 0 amide bonds. The molecule has 0 aliphatic rings. The zero-order valence-electron chi connectivity index (χ0n) is 6.96. The van der Waals surface area contributed by atoms with Crippen molar-refractivity contribution >= 4 is 35.3 Å². The molecule has 0 saturated heterocycles. The third-order valence-electron chi connectivity index (χ3n) is 1.57. The number of hydrogen-bond donors (Lipinski definition) is 1. The van der Waals surface area contributed by atoms with Crippen LogP contribution in [-0.2, 0) is 6.42 Å². The number of rotatable bonds is 3. The molecule has 0 heterocycles. The van der Waals surface area contributed by atoms with Crippen LogP contribution in [-0.4, -0.2) is 6.04 Å². The molecule has 1 aromatic carbocycles. The van der Waals surface area contributed by atoms with Gasteiger partial charge in [-0.15, -0.1) is 12.4 Å². The minimum absolute atomic E-state index is 0. The molecule has 0 bridgehead atoms. The van der Waals surface area contributed by atoms with Gasteiger partial charge in [-0.2, -0.15) is 0 Å². The maximum absolute atomic E-state index is 3.18. The summed E-state index contributed by atoms with van der Waals surface area (Å²) in [5.41, 5.74) is 1.39. The molecule has 1 rings (SSSR count). The Morgan fingerprint density at radius 2 is 1.92 bits per heavy atom. The maximum atomic E-state index is 3.18. The first-order chi connectivity index (χ1) is 5.33. The predicted octanol–water partition coefficient (Wildman–Crippen LogP) is 2.98. The molecule has 1 aromatic rings. The van der Waals surface area contributed by atoms with E-state index in [1.807, 2.05) is 6.07 Å². The first-order valence-corrected chi connectivity index (χ1v) is 4.81. The van der Waals surface area contributed by atoms with Crippen molar-refractivity contribution in [2.75, 3.05) is 0 Å². The smallest absolute Gasteiger partial charge is 0.0175 e. The van der Waals surface area contributed by atoms with Crippen molar-refractivity contribution in [2.45, 2.75) is 19.4 Å². The van der Waals surface area contributed by atoms with Gasteiger partial charge in [0.15, 0.2) is 0 Å². The standard InChI is InChI=1S/C9H12IN.ClH/c1-8(11-10)7-9-5-3-2-4-6-9;/h2-6,8,11H,7H2,1H3;1H. The van der Waals surface area contributed by atoms with Crippen molar-refractivity contribution in [3.05, 3.63) is 35.9 Å². The molecular weight excluding hydrogens is 284 g/mol. The summed E-state index contributed by atoms with van der Waals surface area (Å²) >= 11 is 2.19. The molecule has 3 heteroatoms. The van der Waals surface area contributed by atoms with E-state index < -0.39 is 0 Å². The van der Waals surface area contributed by atoms with Crippen LogP contribution >= 0.6 is 35.3 Å². The lowest BCUT2D eigenvalue weighted by molar-refractivity contribution is 0.707. The summed E-state index contributed by atoms with van der Waals surface area (Å²) in [6, 6.07) is 11.1. The van der Waals surface area contributed by atoms with Crippen molar-refractivity contribution in [3.63, 3.8) is 0 Å². The zero-order chi connectivity index (χ0) is 8.10. The normalized spacial score (nSPS) is 11.8. The molecule has 0 aliphatic carbocycles. The van der Waals surface area contributed by atoms with Gasteiger partial charge in [0.1, 0.15) is 0 Å². The summed E-state index contributed by atoms with van der Waals surface area (Å²) in [5, 5.41) is 0. The van der Waals surface area contributed by atoms with Crippen molar-refractivity contribution < 1.29 is 0 Å². The second-order valence-electron chi connectivity index (χ2n) is 2.70. The Kier molecular flexibility index (Phi) is 6.80. The summed E-state index contributed by atoms with van der Waals surface area (Å²) in [4.78, 5) is 0. The van der Waals surface area contributed by atoms with Gasteiger partial charge in [-0.3, -0.25) is 3.53 Å². The van der Waals surface area contributed by atoms with E-state index in [-0.39, 0.29) is 12.4 Å². The zero-order valence-corrected chi connectivity index (χ0v) is 9.93. The van der Waals surface area contributed by atoms with Crippen LogP contribution in [0.3, 0.4) is 0 Å². The minimum atomic E-state index is 0. The molecule has 1 atom stereocenters. The van der Waals surface area contributed by atoms with Gasteiger partial charge < -0.3 is 0 Å². The Morgan fingerprint density at radius 1 is 1.33 bits per heavy atom. The number of benzene rings is 1. The maximum Gasteiger partial charge on any atom is 0.0175 e. The van der Waals surface area contributed by atoms with Crippen molar-refractivity contribution in [2.24, 2.45) is 0 Å². The van der Waals surface area contributed by atoms with E-state index in [1.165, 1.54) is 5.56 Å². The Labute approximate surface area is 93.8 Å². The van der Waals surface area contributed by atoms with Crippen LogP contribution in [0, 0.1) is 0 Å². The predicted molar refractivity (Wildman–Crippen MR) is 64.0 cm³/mol. The molecule has 0 aliphatic heterocycles. The molecule has 68 valence electrons. The van der Waals surface area contributed by atoms with E-state index in [0.717, 1.165) is 6.42 Å². The Balaban J connectivity index is 0.00000121. The van der Waals surface area contributed by atoms with E-state index in [4.69, 9.17) is 0 Å². The molecule has 0 spiro atoms. The number of halogens is 2. The van der Waals surface area contributed by atoms with Crippen LogP contribution in [0.2, 0.25) is 0 Å². The molecule has 1 N–H and O–H groups in total. The fourth-order valence-corrected chi connectivity index (χ4v) is 1.23. The summed E-state index contributed by atoms with van der Waals surface area (Å²) in [6.07, 6.45) is 1.10. The molecule has 0 fully saturated rings. The van der Waals surface area contributed by atoms with Gasteiger partial charge in [0, 0.05) is 28.9 Å². The lowest BCUT2D eigenvalue weighted by Crippen LogP contribution is -2.17. The molecule has 0 aromatic heterocycles. The average Bonchev–Trinajstić information content (AvgIpc) is 2.06. The van der Waals surface area contributed by atoms with E-state index in [0.29, 0.717) is 6.04 Å². The SMILES string of the molecule is CC(Cc1ccccc1)NI.Cl. The number of nitrogens with one attached hydrogen (secondary N) is 1. The van der Waals surface area contributed by atoms with Gasteiger partial charge in [-0.25, -0.2) is 0 Å². The molecule has 0 saturated carbocycles. The highest BCUT2D eigenvalue weighted by molar-refractivity contribution is 14.1. The van der Waals surface area contributed by atoms with Gasteiger partial charge in [0.2, 0.25) is 0 Å². The van der Waals surface area contributed by atoms with Crippen LogP contribution in [0.25, 0.3) is 0 Å². The van der Waals surface area contributed by atoms with Crippen LogP contribution in [0.4, 0.5) is 0 Å². The highest BCUT2D eigenvalue weighted by Crippen LogP contribution is 2.02. The van der Waals surface area contributed by atoms with Gasteiger partial charge in [0.05, 0.1) is 0 Å². The van der Waals surface area contributed by atoms with E-state index >= 15 is 0 Å². The van der Waals surface area contributed by atoms with Gasteiger partial charge in [-0.05, 0) is 18.9 Å². The van der Waals surface area contributed by atoms with Gasteiger partial charge >= 0.3 is 0 Å². The Bertz CT molecular complexity index is 203. The van der Waals surface area contributed by atoms with Crippen LogP contribution in [0.1, 0.15) is 12.5 Å². The third-order valence-corrected chi connectivity index (χ3v) is 2.63. The third kappa shape index (κ3) is 4.28. The van der Waals surface area contributed by atoms with Crippen LogP contribution < -0.4 is 3.53 Å². The highest BCUT2D eigenvalue weighted by Gasteiger charge is 1.98. The van der Waals surface area contributed by atoms with Gasteiger partial charge in [0.25, 0.3) is 0 Å². The topological polar surface area (TPSA) is 12.0 Å². The first kappa shape index (κ1) is 12.2. The Morgan fingerprint density at radius 3 is 2.42 bits per heavy atom. The first-order valence-electron chi connectivity index (χ1n) is 3.73. The minimum Gasteiger partial charge on any atom is -0.258 e. The summed E-state index contributed by atoms with van der Waals surface area (Å²) in [6.45, 7) is 2.18. The monoisotopic (exact) mass is 297 g/mol. The van der Waals surface area contributed by atoms with Crippen molar-refractivity contribution in [1.82, 2.24) is 3.53 Å². The summed E-state index contributed by atoms with van der Waals surface area (Å²) in [5.74, 6) is 0. The van der Waals surface area contributed by atoms with Gasteiger partial charge in [-0.1, -0.05) is 30.3 Å². The largest absolute Gasteiger partial charge is 0.258 e. The summed E-state index contributed by atoms with van der Waals surface area (Å²) in [7, 11) is 0. The number of hydrogen-bond acceptors (Lipinski definition) is 1. The molecule has 12 heavy (non-hydrogen) atoms. The molecule has 1 unspecified atom stereocenters. The fraction of sp³-hybridized carbons (Fsp3) is 0.333. The van der Waals surface area contributed by atoms with Crippen molar-refractivity contribution in [1.29, 1.82) is 0 Å². The van der Waals surface area contributed by atoms with E-state index in [1.54, 1.807) is 0 Å². The molecule has 1 nitrogen and oxygen atoms in total. The van der Waals surface area contributed by atoms with Crippen molar-refractivity contribution in [3.8, 4) is 0 Å². The Hall–Kier alpha value is 0.200. The molecule has 0 radical (unpaired) electrons. The fourth-order valence-electron chi connectivity index (χ4n) is 1.01. The average molecular weight is 298 g/mol. The van der Waals surface area contributed by atoms with E-state index in [2.05, 4.69) is 57.6 Å². The second-order valence-corrected chi connectivity index (χ2v) is 3.32. The van der Waals surface area contributed by atoms with Crippen LogP contribution in [0.15, 0.2) is 30.3 Å². The lowest BCUT2D eigenvalue weighted by Gasteiger charge is -2.07. The second kappa shape index (κ2) is 6.69. The summed E-state index contributed by atoms with van der Waals surface area (Å²) < 4.78 is 3.18. The molecular formula is C9H13ClIN. The lowest BCUT2D eigenvalue weighted by atomic mass is 10.1. The quantitative estimate of drug-likeness (QED) is 0.668. The highest BCUT2D eigenvalue weighted by atomic mass is 127. The van der Waals surface area contributed by atoms with E-state index in [9.17, 15) is 0 Å².